The van der Waals surface area contributed by atoms with Gasteiger partial charge in [-0.1, -0.05) is 59.3 Å². The summed E-state index contributed by atoms with van der Waals surface area (Å²) in [7, 11) is 1.65. The Morgan fingerprint density at radius 1 is 0.951 bits per heavy atom. The SMILES string of the molecule is CCOC(=O)c1nnn(Cc2ccc(OC)cc2)c1CN(Cc1ccccc1)C1CCN(c2ccc(Cl)cc2)CC1. The molecule has 0 spiro atoms. The molecule has 0 N–H and O–H groups in total. The van der Waals surface area contributed by atoms with E-state index in [2.05, 4.69) is 56.5 Å². The van der Waals surface area contributed by atoms with Gasteiger partial charge in [0.2, 0.25) is 0 Å². The second-order valence-corrected chi connectivity index (χ2v) is 10.6. The summed E-state index contributed by atoms with van der Waals surface area (Å²) in [5.41, 5.74) is 4.49. The topological polar surface area (TPSA) is 72.7 Å². The van der Waals surface area contributed by atoms with Crippen LogP contribution in [0.2, 0.25) is 5.02 Å². The van der Waals surface area contributed by atoms with Gasteiger partial charge in [0.1, 0.15) is 5.75 Å². The van der Waals surface area contributed by atoms with E-state index in [1.807, 2.05) is 47.1 Å². The van der Waals surface area contributed by atoms with Gasteiger partial charge in [-0.25, -0.2) is 9.48 Å². The number of ether oxygens (including phenoxy) is 2. The van der Waals surface area contributed by atoms with E-state index in [0.717, 1.165) is 54.5 Å². The molecule has 1 fully saturated rings. The van der Waals surface area contributed by atoms with Crippen molar-refractivity contribution in [1.82, 2.24) is 19.9 Å². The number of benzene rings is 3. The summed E-state index contributed by atoms with van der Waals surface area (Å²) in [6, 6.07) is 26.7. The molecule has 214 valence electrons. The van der Waals surface area contributed by atoms with E-state index >= 15 is 0 Å². The molecule has 3 aromatic carbocycles. The first-order valence-electron chi connectivity index (χ1n) is 14.0. The molecule has 0 unspecified atom stereocenters. The molecule has 2 heterocycles. The lowest BCUT2D eigenvalue weighted by atomic mass is 10.0. The van der Waals surface area contributed by atoms with E-state index in [1.165, 1.54) is 11.3 Å². The van der Waals surface area contributed by atoms with Gasteiger partial charge >= 0.3 is 5.97 Å². The largest absolute Gasteiger partial charge is 0.497 e. The van der Waals surface area contributed by atoms with Gasteiger partial charge < -0.3 is 14.4 Å². The maximum absolute atomic E-state index is 13.0. The molecule has 0 bridgehead atoms. The maximum Gasteiger partial charge on any atom is 0.360 e. The Kier molecular flexibility index (Phi) is 9.54. The van der Waals surface area contributed by atoms with Crippen LogP contribution in [0.5, 0.6) is 5.75 Å². The second-order valence-electron chi connectivity index (χ2n) is 10.2. The fourth-order valence-corrected chi connectivity index (χ4v) is 5.47. The summed E-state index contributed by atoms with van der Waals surface area (Å²) >= 11 is 6.12. The van der Waals surface area contributed by atoms with Crippen molar-refractivity contribution in [3.63, 3.8) is 0 Å². The average Bonchev–Trinajstić information content (AvgIpc) is 3.40. The van der Waals surface area contributed by atoms with Crippen molar-refractivity contribution in [2.45, 2.75) is 45.4 Å². The van der Waals surface area contributed by atoms with E-state index in [1.54, 1.807) is 14.0 Å². The van der Waals surface area contributed by atoms with Gasteiger partial charge in [0.15, 0.2) is 5.69 Å². The molecular weight excluding hydrogens is 538 g/mol. The molecule has 0 amide bonds. The zero-order valence-corrected chi connectivity index (χ0v) is 24.3. The first-order valence-corrected chi connectivity index (χ1v) is 14.4. The summed E-state index contributed by atoms with van der Waals surface area (Å²) < 4.78 is 12.5. The number of piperidine rings is 1. The third-order valence-electron chi connectivity index (χ3n) is 7.55. The molecule has 4 aromatic rings. The van der Waals surface area contributed by atoms with Crippen LogP contribution >= 0.6 is 11.6 Å². The third kappa shape index (κ3) is 7.26. The number of methoxy groups -OCH3 is 1. The number of hydrogen-bond acceptors (Lipinski definition) is 7. The van der Waals surface area contributed by atoms with Crippen LogP contribution in [0.15, 0.2) is 78.9 Å². The molecule has 41 heavy (non-hydrogen) atoms. The van der Waals surface area contributed by atoms with Crippen LogP contribution in [0.4, 0.5) is 5.69 Å². The summed E-state index contributed by atoms with van der Waals surface area (Å²) in [5, 5.41) is 9.45. The minimum absolute atomic E-state index is 0.275. The van der Waals surface area contributed by atoms with Gasteiger partial charge in [-0.15, -0.1) is 5.10 Å². The highest BCUT2D eigenvalue weighted by molar-refractivity contribution is 6.30. The van der Waals surface area contributed by atoms with Crippen LogP contribution in [-0.4, -0.2) is 58.7 Å². The van der Waals surface area contributed by atoms with Crippen LogP contribution in [0.3, 0.4) is 0 Å². The van der Waals surface area contributed by atoms with Crippen molar-refractivity contribution in [3.8, 4) is 5.75 Å². The Hall–Kier alpha value is -3.88. The van der Waals surface area contributed by atoms with E-state index in [-0.39, 0.29) is 12.3 Å². The smallest absolute Gasteiger partial charge is 0.360 e. The normalized spacial score (nSPS) is 13.9. The fraction of sp³-hybridized carbons (Fsp3) is 0.344. The number of anilines is 1. The third-order valence-corrected chi connectivity index (χ3v) is 7.80. The number of hydrogen-bond donors (Lipinski definition) is 0. The molecule has 5 rings (SSSR count). The van der Waals surface area contributed by atoms with Gasteiger partial charge in [0, 0.05) is 42.9 Å². The Labute approximate surface area is 246 Å². The zero-order chi connectivity index (χ0) is 28.6. The van der Waals surface area contributed by atoms with Crippen LogP contribution in [0, 0.1) is 0 Å². The van der Waals surface area contributed by atoms with Crippen molar-refractivity contribution < 1.29 is 14.3 Å². The predicted octanol–water partition coefficient (Wildman–Crippen LogP) is 5.84. The lowest BCUT2D eigenvalue weighted by Gasteiger charge is -2.39. The van der Waals surface area contributed by atoms with Crippen LogP contribution < -0.4 is 9.64 Å². The van der Waals surface area contributed by atoms with Gasteiger partial charge in [0.25, 0.3) is 0 Å². The molecule has 1 aliphatic rings. The number of carbonyl (C=O) groups is 1. The average molecular weight is 574 g/mol. The van der Waals surface area contributed by atoms with E-state index < -0.39 is 5.97 Å². The van der Waals surface area contributed by atoms with E-state index in [4.69, 9.17) is 21.1 Å². The van der Waals surface area contributed by atoms with Gasteiger partial charge in [-0.3, -0.25) is 4.90 Å². The number of nitrogens with zero attached hydrogens (tertiary/aromatic N) is 5. The van der Waals surface area contributed by atoms with Crippen molar-refractivity contribution >= 4 is 23.3 Å². The summed E-state index contributed by atoms with van der Waals surface area (Å²) in [4.78, 5) is 17.8. The van der Waals surface area contributed by atoms with Gasteiger partial charge in [0.05, 0.1) is 26.0 Å². The number of rotatable bonds is 11. The number of aromatic nitrogens is 3. The van der Waals surface area contributed by atoms with Crippen molar-refractivity contribution in [2.24, 2.45) is 0 Å². The molecule has 1 aliphatic heterocycles. The van der Waals surface area contributed by atoms with Crippen molar-refractivity contribution in [3.05, 3.63) is 106 Å². The second kappa shape index (κ2) is 13.7. The lowest BCUT2D eigenvalue weighted by molar-refractivity contribution is 0.0515. The van der Waals surface area contributed by atoms with Crippen LogP contribution in [0.25, 0.3) is 0 Å². The molecule has 8 nitrogen and oxygen atoms in total. The summed E-state index contributed by atoms with van der Waals surface area (Å²) in [6.45, 7) is 5.72. The molecule has 0 aliphatic carbocycles. The molecule has 1 aromatic heterocycles. The monoisotopic (exact) mass is 573 g/mol. The van der Waals surface area contributed by atoms with Crippen molar-refractivity contribution in [2.75, 3.05) is 31.7 Å². The molecule has 1 saturated heterocycles. The Bertz CT molecular complexity index is 1400. The predicted molar refractivity (Wildman–Crippen MR) is 160 cm³/mol. The Morgan fingerprint density at radius 2 is 1.66 bits per heavy atom. The Balaban J connectivity index is 1.41. The minimum Gasteiger partial charge on any atom is -0.497 e. The highest BCUT2D eigenvalue weighted by Gasteiger charge is 2.29. The minimum atomic E-state index is -0.444. The lowest BCUT2D eigenvalue weighted by Crippen LogP contribution is -2.44. The summed E-state index contributed by atoms with van der Waals surface area (Å²) in [5.74, 6) is 0.347. The zero-order valence-electron chi connectivity index (χ0n) is 23.6. The first kappa shape index (κ1) is 28.6. The van der Waals surface area contributed by atoms with Crippen molar-refractivity contribution in [1.29, 1.82) is 0 Å². The highest BCUT2D eigenvalue weighted by Crippen LogP contribution is 2.27. The Morgan fingerprint density at radius 3 is 2.32 bits per heavy atom. The van der Waals surface area contributed by atoms with Crippen LogP contribution in [-0.2, 0) is 24.4 Å². The van der Waals surface area contributed by atoms with Crippen LogP contribution in [0.1, 0.15) is 47.1 Å². The van der Waals surface area contributed by atoms with E-state index in [9.17, 15) is 4.79 Å². The van der Waals surface area contributed by atoms with Gasteiger partial charge in [-0.2, -0.15) is 0 Å². The quantitative estimate of drug-likeness (QED) is 0.209. The number of halogens is 1. The molecule has 0 radical (unpaired) electrons. The maximum atomic E-state index is 13.0. The molecule has 0 saturated carbocycles. The van der Waals surface area contributed by atoms with E-state index in [0.29, 0.717) is 19.1 Å². The fourth-order valence-electron chi connectivity index (χ4n) is 5.34. The number of esters is 1. The molecule has 9 heteroatoms. The number of carbonyl (C=O) groups excluding carboxylic acids is 1. The summed E-state index contributed by atoms with van der Waals surface area (Å²) in [6.07, 6.45) is 1.98. The highest BCUT2D eigenvalue weighted by atomic mass is 35.5. The first-order chi connectivity index (χ1) is 20.0. The standard InChI is InChI=1S/C32H36ClN5O3/c1-3-41-32(39)31-30(38(35-34-31)22-25-9-15-29(40-2)16-10-25)23-37(21-24-7-5-4-6-8-24)28-17-19-36(20-18-28)27-13-11-26(33)12-14-27/h4-16,28H,3,17-23H2,1-2H3. The molecule has 0 atom stereocenters. The van der Waals surface area contributed by atoms with Gasteiger partial charge in [-0.05, 0) is 67.3 Å². The molecular formula is C32H36ClN5O3.